The van der Waals surface area contributed by atoms with Crippen LogP contribution in [0.2, 0.25) is 0 Å². The molecule has 0 aliphatic carbocycles. The number of nitrogens with zero attached hydrogens (tertiary/aromatic N) is 1. The van der Waals surface area contributed by atoms with Gasteiger partial charge in [0.1, 0.15) is 13.1 Å². The summed E-state index contributed by atoms with van der Waals surface area (Å²) in [5.74, 6) is -57.2. The van der Waals surface area contributed by atoms with E-state index in [-0.39, 0.29) is 6.29 Å². The van der Waals surface area contributed by atoms with Crippen molar-refractivity contribution in [2.45, 2.75) is 60.2 Å². The molecule has 21 heteroatoms. The van der Waals surface area contributed by atoms with Crippen molar-refractivity contribution >= 4 is 12.8 Å². The minimum Gasteiger partial charge on any atom is -0.458 e. The number of aldehydes is 1. The molecule has 0 heterocycles. The lowest BCUT2D eigenvalue weighted by Crippen LogP contribution is -2.74. The van der Waals surface area contributed by atoms with Crippen LogP contribution >= 0.6 is 0 Å². The second kappa shape index (κ2) is 9.90. The summed E-state index contributed by atoms with van der Waals surface area (Å²) >= 11 is 0. The predicted molar refractivity (Wildman–Crippen MR) is 84.1 cm³/mol. The molecule has 0 amide bonds. The quantitative estimate of drug-likeness (QED) is 0.158. The SMILES string of the molecule is C[N+](C)(CC=O)CC(CC(F)(F)C(F)(F)C(F)(F)C(F)(F)C(F)(F)C(F)(F)C(F)(F)C(F)(F)F)OC=O. The molecule has 0 fully saturated rings. The Hall–Kier alpha value is -2.09. The van der Waals surface area contributed by atoms with Gasteiger partial charge in [0.2, 0.25) is 0 Å². The zero-order chi connectivity index (χ0) is 30.3. The van der Waals surface area contributed by atoms with Gasteiger partial charge in [0.15, 0.2) is 12.4 Å². The van der Waals surface area contributed by atoms with Crippen LogP contribution in [0.1, 0.15) is 6.42 Å². The highest BCUT2D eigenvalue weighted by atomic mass is 19.4. The third-order valence-electron chi connectivity index (χ3n) is 4.79. The lowest BCUT2D eigenvalue weighted by Gasteiger charge is -2.43. The number of carbonyl (C=O) groups is 2. The number of quaternary nitrogens is 1. The first-order valence-electron chi connectivity index (χ1n) is 9.01. The van der Waals surface area contributed by atoms with Crippen molar-refractivity contribution in [3.05, 3.63) is 0 Å². The van der Waals surface area contributed by atoms with E-state index in [0.29, 0.717) is 0 Å². The van der Waals surface area contributed by atoms with E-state index in [4.69, 9.17) is 0 Å². The maximum atomic E-state index is 14.1. The van der Waals surface area contributed by atoms with Gasteiger partial charge in [0.25, 0.3) is 6.47 Å². The third kappa shape index (κ3) is 5.69. The number of ether oxygens (including phenoxy) is 1. The van der Waals surface area contributed by atoms with E-state index in [1.807, 2.05) is 0 Å². The molecule has 0 rings (SSSR count). The van der Waals surface area contributed by atoms with Crippen molar-refractivity contribution in [1.82, 2.24) is 0 Å². The monoisotopic (exact) mass is 592 g/mol. The smallest absolute Gasteiger partial charge is 0.458 e. The van der Waals surface area contributed by atoms with Crippen LogP contribution < -0.4 is 0 Å². The number of likely N-dealkylation sites (N-methyl/N-ethyl adjacent to an activating group) is 1. The molecule has 0 spiro atoms. The summed E-state index contributed by atoms with van der Waals surface area (Å²) in [6.45, 7) is -2.53. The van der Waals surface area contributed by atoms with Crippen molar-refractivity contribution in [1.29, 1.82) is 0 Å². The number of halogens is 17. The van der Waals surface area contributed by atoms with E-state index in [0.717, 1.165) is 14.1 Å². The molecule has 1 atom stereocenters. The summed E-state index contributed by atoms with van der Waals surface area (Å²) in [6, 6.07) is 0. The zero-order valence-electron chi connectivity index (χ0n) is 18.0. The van der Waals surface area contributed by atoms with Gasteiger partial charge < -0.3 is 9.22 Å². The average molecular weight is 592 g/mol. The van der Waals surface area contributed by atoms with Gasteiger partial charge in [0, 0.05) is 0 Å². The summed E-state index contributed by atoms with van der Waals surface area (Å²) in [7, 11) is 1.94. The van der Waals surface area contributed by atoms with Crippen LogP contribution in [0.5, 0.6) is 0 Å². The molecular formula is C16H15F17NO3+. The highest BCUT2D eigenvalue weighted by molar-refractivity contribution is 5.50. The van der Waals surface area contributed by atoms with E-state index in [2.05, 4.69) is 4.74 Å². The Bertz CT molecular complexity index is 822. The van der Waals surface area contributed by atoms with Gasteiger partial charge in [-0.2, -0.15) is 74.6 Å². The summed E-state index contributed by atoms with van der Waals surface area (Å²) in [4.78, 5) is 20.9. The fraction of sp³-hybridized carbons (Fsp3) is 0.875. The highest BCUT2D eigenvalue weighted by Gasteiger charge is 2.95. The van der Waals surface area contributed by atoms with Crippen LogP contribution in [-0.2, 0) is 14.3 Å². The zero-order valence-corrected chi connectivity index (χ0v) is 18.0. The Kier molecular flexibility index (Phi) is 9.34. The molecule has 0 bridgehead atoms. The molecule has 0 N–H and O–H groups in total. The standard InChI is InChI=1S/C16H15F17NO3/c1-34(2,3-4-35)6-8(37-7-36)5-9(17,18)10(19,20)11(21,22)12(23,24)13(25,26)14(27,28)15(29,30)16(31,32)33/h4,7-8H,3,5-6H2,1-2H3/q+1. The second-order valence-corrected chi connectivity index (χ2v) is 8.17. The number of hydrogen-bond acceptors (Lipinski definition) is 3. The van der Waals surface area contributed by atoms with Crippen LogP contribution in [0.15, 0.2) is 0 Å². The fourth-order valence-corrected chi connectivity index (χ4v) is 2.67. The summed E-state index contributed by atoms with van der Waals surface area (Å²) in [6.07, 6.45) is -13.3. The molecule has 0 radical (unpaired) electrons. The number of rotatable bonds is 14. The molecule has 1 unspecified atom stereocenters. The third-order valence-corrected chi connectivity index (χ3v) is 4.79. The predicted octanol–water partition coefficient (Wildman–Crippen LogP) is 5.20. The van der Waals surface area contributed by atoms with Gasteiger partial charge in [-0.25, -0.2) is 0 Å². The van der Waals surface area contributed by atoms with E-state index >= 15 is 0 Å². The molecule has 0 aromatic heterocycles. The molecule has 0 saturated heterocycles. The van der Waals surface area contributed by atoms with E-state index in [1.165, 1.54) is 0 Å². The van der Waals surface area contributed by atoms with Crippen molar-refractivity contribution in [2.75, 3.05) is 27.2 Å². The molecule has 220 valence electrons. The lowest BCUT2D eigenvalue weighted by atomic mass is 9.87. The Morgan fingerprint density at radius 2 is 0.973 bits per heavy atom. The Labute approximate surface area is 194 Å². The van der Waals surface area contributed by atoms with Crippen LogP contribution in [0.4, 0.5) is 74.6 Å². The topological polar surface area (TPSA) is 43.4 Å². The number of carbonyl (C=O) groups excluding carboxylic acids is 2. The average Bonchev–Trinajstić information content (AvgIpc) is 2.65. The Morgan fingerprint density at radius 1 is 0.622 bits per heavy atom. The molecule has 0 aliphatic rings. The maximum Gasteiger partial charge on any atom is 0.460 e. The molecule has 37 heavy (non-hydrogen) atoms. The van der Waals surface area contributed by atoms with Crippen LogP contribution in [0, 0.1) is 0 Å². The summed E-state index contributed by atoms with van der Waals surface area (Å²) in [5.41, 5.74) is 0. The number of alkyl halides is 17. The first kappa shape index (κ1) is 34.9. The summed E-state index contributed by atoms with van der Waals surface area (Å²) in [5, 5.41) is 0. The molecule has 0 aliphatic heterocycles. The molecule has 0 aromatic rings. The second-order valence-electron chi connectivity index (χ2n) is 8.17. The lowest BCUT2D eigenvalue weighted by molar-refractivity contribution is -0.884. The van der Waals surface area contributed by atoms with Gasteiger partial charge in [-0.05, 0) is 0 Å². The fourth-order valence-electron chi connectivity index (χ4n) is 2.67. The van der Waals surface area contributed by atoms with Gasteiger partial charge >= 0.3 is 47.6 Å². The summed E-state index contributed by atoms with van der Waals surface area (Å²) < 4.78 is 229. The normalized spacial score (nSPS) is 16.4. The van der Waals surface area contributed by atoms with Crippen molar-refractivity contribution < 1.29 is 93.4 Å². The van der Waals surface area contributed by atoms with Crippen LogP contribution in [0.3, 0.4) is 0 Å². The van der Waals surface area contributed by atoms with Gasteiger partial charge in [-0.3, -0.25) is 9.59 Å². The number of hydrogen-bond donors (Lipinski definition) is 0. The van der Waals surface area contributed by atoms with E-state index in [1.54, 1.807) is 0 Å². The Morgan fingerprint density at radius 3 is 1.30 bits per heavy atom. The van der Waals surface area contributed by atoms with Gasteiger partial charge in [0.05, 0.1) is 20.5 Å². The first-order chi connectivity index (χ1) is 15.9. The van der Waals surface area contributed by atoms with Crippen molar-refractivity contribution in [3.63, 3.8) is 0 Å². The highest BCUT2D eigenvalue weighted by Crippen LogP contribution is 2.64. The van der Waals surface area contributed by atoms with Gasteiger partial charge in [-0.15, -0.1) is 0 Å². The molecular weight excluding hydrogens is 577 g/mol. The minimum absolute atomic E-state index is 0.0956. The van der Waals surface area contributed by atoms with Crippen molar-refractivity contribution in [3.8, 4) is 0 Å². The van der Waals surface area contributed by atoms with E-state index in [9.17, 15) is 84.2 Å². The largest absolute Gasteiger partial charge is 0.460 e. The van der Waals surface area contributed by atoms with Crippen LogP contribution in [-0.4, -0.2) is 98.2 Å². The molecule has 0 saturated carbocycles. The van der Waals surface area contributed by atoms with Crippen molar-refractivity contribution in [2.24, 2.45) is 0 Å². The Balaban J connectivity index is 6.64. The first-order valence-corrected chi connectivity index (χ1v) is 9.01. The van der Waals surface area contributed by atoms with E-state index < -0.39 is 84.2 Å². The molecule has 0 aromatic carbocycles. The van der Waals surface area contributed by atoms with Gasteiger partial charge in [-0.1, -0.05) is 0 Å². The maximum absolute atomic E-state index is 14.1. The minimum atomic E-state index is -8.72. The van der Waals surface area contributed by atoms with Crippen LogP contribution in [0.25, 0.3) is 0 Å². The molecule has 4 nitrogen and oxygen atoms in total.